The molecule has 2 aromatic carbocycles. The van der Waals surface area contributed by atoms with Gasteiger partial charge in [0.25, 0.3) is 0 Å². The van der Waals surface area contributed by atoms with Crippen molar-refractivity contribution in [3.8, 4) is 0 Å². The predicted molar refractivity (Wildman–Crippen MR) is 113 cm³/mol. The molecule has 5 atom stereocenters. The number of alkyl halides is 3. The third kappa shape index (κ3) is 4.70. The lowest BCUT2D eigenvalue weighted by Gasteiger charge is -2.37. The number of amides is 1. The Labute approximate surface area is 180 Å². The normalized spacial score (nSPS) is 27.9. The third-order valence-electron chi connectivity index (χ3n) is 5.31. The summed E-state index contributed by atoms with van der Waals surface area (Å²) in [5.41, 5.74) is 0.00465. The van der Waals surface area contributed by atoms with Gasteiger partial charge in [0.05, 0.1) is 23.6 Å². The number of fused-ring (bicyclic) bond motifs is 1. The number of aliphatic hydroxyl groups excluding tert-OH is 2. The molecular formula is C21H20F3N3O3S. The lowest BCUT2D eigenvalue weighted by Crippen LogP contribution is -2.52. The van der Waals surface area contributed by atoms with Crippen molar-refractivity contribution < 1.29 is 28.2 Å². The van der Waals surface area contributed by atoms with Crippen molar-refractivity contribution in [1.29, 1.82) is 0 Å². The second-order valence-electron chi connectivity index (χ2n) is 7.47. The van der Waals surface area contributed by atoms with Crippen LogP contribution in [0.15, 0.2) is 59.6 Å². The number of anilines is 2. The van der Waals surface area contributed by atoms with Gasteiger partial charge in [-0.05, 0) is 36.8 Å². The molecule has 1 amide bonds. The number of aliphatic imine (C=N–C) groups is 1. The number of hydrogen-bond donors (Lipinski definition) is 4. The minimum absolute atomic E-state index is 0.0559. The van der Waals surface area contributed by atoms with Crippen LogP contribution in [-0.2, 0) is 11.0 Å². The highest BCUT2D eigenvalue weighted by Crippen LogP contribution is 2.42. The van der Waals surface area contributed by atoms with Crippen LogP contribution in [0.4, 0.5) is 24.5 Å². The Morgan fingerprint density at radius 2 is 1.77 bits per heavy atom. The SMILES string of the molecule is O=C(Nc1ccccc1)[C@@H]1C[C@@H](O)[C@H](O)[C@H]2N=C(Nc3cccc(C(F)(F)F)c3)S[C@@H]21. The van der Waals surface area contributed by atoms with E-state index >= 15 is 0 Å². The van der Waals surface area contributed by atoms with Crippen molar-refractivity contribution in [2.45, 2.75) is 36.1 Å². The van der Waals surface area contributed by atoms with Gasteiger partial charge in [-0.3, -0.25) is 9.79 Å². The van der Waals surface area contributed by atoms with Gasteiger partial charge in [-0.2, -0.15) is 13.2 Å². The van der Waals surface area contributed by atoms with E-state index in [4.69, 9.17) is 0 Å². The Kier molecular flexibility index (Phi) is 5.96. The van der Waals surface area contributed by atoms with Gasteiger partial charge in [0, 0.05) is 16.6 Å². The maximum Gasteiger partial charge on any atom is 0.416 e. The van der Waals surface area contributed by atoms with Gasteiger partial charge < -0.3 is 20.8 Å². The smallest absolute Gasteiger partial charge is 0.390 e. The molecule has 4 N–H and O–H groups in total. The van der Waals surface area contributed by atoms with Crippen molar-refractivity contribution in [3.63, 3.8) is 0 Å². The number of nitrogens with one attached hydrogen (secondary N) is 2. The van der Waals surface area contributed by atoms with Gasteiger partial charge >= 0.3 is 6.18 Å². The lowest BCUT2D eigenvalue weighted by molar-refractivity contribution is -0.137. The molecule has 0 unspecified atom stereocenters. The van der Waals surface area contributed by atoms with Crippen LogP contribution < -0.4 is 10.6 Å². The van der Waals surface area contributed by atoms with E-state index in [1.807, 2.05) is 6.07 Å². The van der Waals surface area contributed by atoms with Crippen LogP contribution in [0.5, 0.6) is 0 Å². The van der Waals surface area contributed by atoms with Gasteiger partial charge in [-0.15, -0.1) is 0 Å². The zero-order valence-electron chi connectivity index (χ0n) is 16.1. The first-order valence-electron chi connectivity index (χ1n) is 9.63. The summed E-state index contributed by atoms with van der Waals surface area (Å²) in [6.07, 6.45) is -6.72. The van der Waals surface area contributed by atoms with Gasteiger partial charge in [-0.1, -0.05) is 36.0 Å². The summed E-state index contributed by atoms with van der Waals surface area (Å²) >= 11 is 1.18. The van der Waals surface area contributed by atoms with E-state index in [2.05, 4.69) is 15.6 Å². The molecule has 0 saturated heterocycles. The summed E-state index contributed by atoms with van der Waals surface area (Å²) in [6.45, 7) is 0. The molecule has 2 aromatic rings. The maximum atomic E-state index is 13.0. The topological polar surface area (TPSA) is 94.0 Å². The monoisotopic (exact) mass is 451 g/mol. The molecule has 1 aliphatic carbocycles. The number of carbonyl (C=O) groups is 1. The zero-order valence-corrected chi connectivity index (χ0v) is 16.9. The molecule has 0 bridgehead atoms. The molecule has 1 fully saturated rings. The van der Waals surface area contributed by atoms with E-state index in [1.54, 1.807) is 24.3 Å². The summed E-state index contributed by atoms with van der Waals surface area (Å²) in [4.78, 5) is 17.2. The largest absolute Gasteiger partial charge is 0.416 e. The number of amidine groups is 1. The minimum atomic E-state index is -4.47. The Balaban J connectivity index is 1.51. The number of aliphatic hydroxyl groups is 2. The van der Waals surface area contributed by atoms with E-state index in [9.17, 15) is 28.2 Å². The van der Waals surface area contributed by atoms with Crippen LogP contribution in [0, 0.1) is 5.92 Å². The lowest BCUT2D eigenvalue weighted by atomic mass is 9.81. The standard InChI is InChI=1S/C21H20F3N3O3S/c22-21(23,24)11-5-4-8-13(9-11)26-20-27-16-17(29)15(28)10-14(18(16)31-20)19(30)25-12-6-2-1-3-7-12/h1-9,14-18,28-29H,10H2,(H,25,30)(H,26,27)/t14-,15-,16-,17+,18-/m1/s1. The molecule has 6 nitrogen and oxygen atoms in total. The third-order valence-corrected chi connectivity index (χ3v) is 6.62. The zero-order chi connectivity index (χ0) is 22.2. The van der Waals surface area contributed by atoms with Gasteiger partial charge in [0.1, 0.15) is 6.10 Å². The first kappa shape index (κ1) is 21.7. The van der Waals surface area contributed by atoms with Crippen LogP contribution in [0.25, 0.3) is 0 Å². The Hall–Kier alpha value is -2.56. The van der Waals surface area contributed by atoms with Gasteiger partial charge in [0.2, 0.25) is 5.91 Å². The van der Waals surface area contributed by atoms with Crippen LogP contribution in [0.1, 0.15) is 12.0 Å². The number of halogens is 3. The second kappa shape index (κ2) is 8.52. The number of benzene rings is 2. The van der Waals surface area contributed by atoms with Crippen LogP contribution >= 0.6 is 11.8 Å². The number of carbonyl (C=O) groups excluding carboxylic acids is 1. The van der Waals surface area contributed by atoms with E-state index in [0.29, 0.717) is 10.9 Å². The van der Waals surface area contributed by atoms with Gasteiger partial charge in [0.15, 0.2) is 5.17 Å². The highest BCUT2D eigenvalue weighted by molar-refractivity contribution is 8.15. The summed E-state index contributed by atoms with van der Waals surface area (Å²) in [5.74, 6) is -0.951. The summed E-state index contributed by atoms with van der Waals surface area (Å²) < 4.78 is 38.9. The van der Waals surface area contributed by atoms with Crippen LogP contribution in [0.2, 0.25) is 0 Å². The number of hydrogen-bond acceptors (Lipinski definition) is 6. The molecule has 0 spiro atoms. The maximum absolute atomic E-state index is 13.0. The molecule has 1 heterocycles. The van der Waals surface area contributed by atoms with E-state index in [0.717, 1.165) is 12.1 Å². The minimum Gasteiger partial charge on any atom is -0.390 e. The summed E-state index contributed by atoms with van der Waals surface area (Å²) in [5, 5.41) is 26.1. The van der Waals surface area contributed by atoms with Crippen molar-refractivity contribution in [3.05, 3.63) is 60.2 Å². The molecule has 2 aliphatic rings. The number of nitrogens with zero attached hydrogens (tertiary/aromatic N) is 1. The fourth-order valence-corrected chi connectivity index (χ4v) is 5.14. The molecule has 1 saturated carbocycles. The van der Waals surface area contributed by atoms with Crippen molar-refractivity contribution >= 4 is 34.2 Å². The Bertz CT molecular complexity index is 987. The Morgan fingerprint density at radius 3 is 2.48 bits per heavy atom. The van der Waals surface area contributed by atoms with Crippen LogP contribution in [-0.4, -0.2) is 44.8 Å². The molecule has 31 heavy (non-hydrogen) atoms. The number of para-hydroxylation sites is 1. The summed E-state index contributed by atoms with van der Waals surface area (Å²) in [6, 6.07) is 12.8. The van der Waals surface area contributed by atoms with Crippen LogP contribution in [0.3, 0.4) is 0 Å². The van der Waals surface area contributed by atoms with Gasteiger partial charge in [-0.25, -0.2) is 0 Å². The van der Waals surface area contributed by atoms with E-state index in [-0.39, 0.29) is 18.0 Å². The highest BCUT2D eigenvalue weighted by Gasteiger charge is 2.50. The molecule has 4 rings (SSSR count). The van der Waals surface area contributed by atoms with Crippen molar-refractivity contribution in [2.24, 2.45) is 10.9 Å². The van der Waals surface area contributed by atoms with E-state index in [1.165, 1.54) is 23.9 Å². The number of rotatable bonds is 3. The fourth-order valence-electron chi connectivity index (χ4n) is 3.76. The molecule has 164 valence electrons. The fraction of sp³-hybridized carbons (Fsp3) is 0.333. The average Bonchev–Trinajstić information content (AvgIpc) is 3.15. The molecule has 0 radical (unpaired) electrons. The predicted octanol–water partition coefficient (Wildman–Crippen LogP) is 3.34. The summed E-state index contributed by atoms with van der Waals surface area (Å²) in [7, 11) is 0. The molecule has 1 aliphatic heterocycles. The first-order valence-corrected chi connectivity index (χ1v) is 10.5. The average molecular weight is 451 g/mol. The molecule has 0 aromatic heterocycles. The Morgan fingerprint density at radius 1 is 1.06 bits per heavy atom. The second-order valence-corrected chi connectivity index (χ2v) is 8.63. The highest BCUT2D eigenvalue weighted by atomic mass is 32.2. The van der Waals surface area contributed by atoms with E-state index < -0.39 is 41.2 Å². The molecular weight excluding hydrogens is 431 g/mol. The number of thioether (sulfide) groups is 1. The molecule has 10 heteroatoms. The van der Waals surface area contributed by atoms with Crippen molar-refractivity contribution in [2.75, 3.05) is 10.6 Å². The van der Waals surface area contributed by atoms with Crippen molar-refractivity contribution in [1.82, 2.24) is 0 Å². The first-order chi connectivity index (χ1) is 14.7. The quantitative estimate of drug-likeness (QED) is 0.575.